The van der Waals surface area contributed by atoms with Gasteiger partial charge in [-0.1, -0.05) is 0 Å². The molecule has 0 aliphatic rings. The molecule has 0 saturated carbocycles. The first kappa shape index (κ1) is 9.84. The summed E-state index contributed by atoms with van der Waals surface area (Å²) in [4.78, 5) is 15.6. The maximum Gasteiger partial charge on any atom is 0.180 e. The van der Waals surface area contributed by atoms with Crippen molar-refractivity contribution in [3.05, 3.63) is 52.1 Å². The van der Waals surface area contributed by atoms with Gasteiger partial charge in [0.05, 0.1) is 11.7 Å². The fraction of sp³-hybridized carbons (Fsp3) is 0.0769. The van der Waals surface area contributed by atoms with E-state index in [1.54, 1.807) is 29.7 Å². The van der Waals surface area contributed by atoms with Crippen LogP contribution in [-0.4, -0.2) is 14.5 Å². The van der Waals surface area contributed by atoms with Crippen LogP contribution in [-0.2, 0) is 0 Å². The number of hydrogen-bond donors (Lipinski definition) is 1. The van der Waals surface area contributed by atoms with E-state index >= 15 is 0 Å². The summed E-state index contributed by atoms with van der Waals surface area (Å²) in [6, 6.07) is 8.62. The Hall–Kier alpha value is -2.36. The smallest absolute Gasteiger partial charge is 0.180 e. The molecule has 2 heterocycles. The molecule has 3 rings (SSSR count). The summed E-state index contributed by atoms with van der Waals surface area (Å²) in [5, 5.41) is 11.2. The minimum Gasteiger partial charge on any atom is -0.510 e. The molecule has 1 aromatic carbocycles. The van der Waals surface area contributed by atoms with E-state index in [9.17, 15) is 9.90 Å². The van der Waals surface area contributed by atoms with Crippen LogP contribution in [0.15, 0.2) is 41.3 Å². The highest BCUT2D eigenvalue weighted by Crippen LogP contribution is 2.12. The van der Waals surface area contributed by atoms with Gasteiger partial charge in [0.15, 0.2) is 5.43 Å². The van der Waals surface area contributed by atoms with Crippen LogP contribution in [0, 0.1) is 0 Å². The number of aromatic nitrogens is 2. The van der Waals surface area contributed by atoms with Crippen LogP contribution in [0.5, 0.6) is 0 Å². The van der Waals surface area contributed by atoms with Gasteiger partial charge in [0.2, 0.25) is 0 Å². The Balaban J connectivity index is 2.71. The molecule has 4 nitrogen and oxygen atoms in total. The topological polar surface area (TPSA) is 54.6 Å². The predicted octanol–water partition coefficient (Wildman–Crippen LogP) is 1.25. The zero-order chi connectivity index (χ0) is 12.0. The van der Waals surface area contributed by atoms with Crippen molar-refractivity contribution in [1.82, 2.24) is 9.38 Å². The van der Waals surface area contributed by atoms with E-state index in [4.69, 9.17) is 0 Å². The normalized spacial score (nSPS) is 13.2. The summed E-state index contributed by atoms with van der Waals surface area (Å²) in [6.07, 6.45) is 1.60. The monoisotopic (exact) mass is 226 g/mol. The lowest BCUT2D eigenvalue weighted by molar-refractivity contribution is 0.496. The second-order valence-corrected chi connectivity index (χ2v) is 3.98. The van der Waals surface area contributed by atoms with Gasteiger partial charge >= 0.3 is 0 Å². The summed E-state index contributed by atoms with van der Waals surface area (Å²) in [6.45, 7) is 1.60. The molecule has 0 bridgehead atoms. The second kappa shape index (κ2) is 3.31. The average Bonchev–Trinajstić information content (AvgIpc) is 2.73. The van der Waals surface area contributed by atoms with Crippen LogP contribution in [0.3, 0.4) is 0 Å². The summed E-state index contributed by atoms with van der Waals surface area (Å²) in [7, 11) is 0. The van der Waals surface area contributed by atoms with Gasteiger partial charge in [-0.2, -0.15) is 0 Å². The number of nitrogens with zero attached hydrogens (tertiary/aromatic N) is 2. The van der Waals surface area contributed by atoms with E-state index in [0.717, 1.165) is 10.9 Å². The molecule has 2 aromatic heterocycles. The van der Waals surface area contributed by atoms with Crippen LogP contribution < -0.4 is 10.8 Å². The maximum absolute atomic E-state index is 11.4. The average molecular weight is 226 g/mol. The molecular weight excluding hydrogens is 216 g/mol. The Labute approximate surface area is 96.4 Å². The standard InChI is InChI=1S/C13H10N2O2/c1-8(16)12-7-14-13-5-3-9-2-4-10(17)6-11(9)15(12)13/h2-7,16H,1H3/b12-8+. The van der Waals surface area contributed by atoms with Gasteiger partial charge in [-0.15, -0.1) is 0 Å². The Morgan fingerprint density at radius 1 is 1.29 bits per heavy atom. The lowest BCUT2D eigenvalue weighted by Gasteiger charge is -2.01. The zero-order valence-electron chi connectivity index (χ0n) is 9.21. The molecule has 0 unspecified atom stereocenters. The highest BCUT2D eigenvalue weighted by Gasteiger charge is 2.04. The molecule has 84 valence electrons. The van der Waals surface area contributed by atoms with E-state index in [2.05, 4.69) is 4.98 Å². The first-order valence-corrected chi connectivity index (χ1v) is 5.27. The zero-order valence-corrected chi connectivity index (χ0v) is 9.21. The summed E-state index contributed by atoms with van der Waals surface area (Å²) < 4.78 is 1.78. The van der Waals surface area contributed by atoms with E-state index in [-0.39, 0.29) is 11.2 Å². The first-order chi connectivity index (χ1) is 8.16. The molecule has 3 aromatic rings. The lowest BCUT2D eigenvalue weighted by atomic mass is 10.2. The van der Waals surface area contributed by atoms with Crippen molar-refractivity contribution in [3.63, 3.8) is 0 Å². The second-order valence-electron chi connectivity index (χ2n) is 3.98. The van der Waals surface area contributed by atoms with Crippen molar-refractivity contribution in [2.45, 2.75) is 6.92 Å². The van der Waals surface area contributed by atoms with Crippen molar-refractivity contribution in [1.29, 1.82) is 0 Å². The molecule has 0 radical (unpaired) electrons. The van der Waals surface area contributed by atoms with Gasteiger partial charge in [0.1, 0.15) is 16.8 Å². The molecule has 0 fully saturated rings. The van der Waals surface area contributed by atoms with Crippen molar-refractivity contribution < 1.29 is 5.11 Å². The predicted molar refractivity (Wildman–Crippen MR) is 65.9 cm³/mol. The fourth-order valence-corrected chi connectivity index (χ4v) is 2.01. The number of aliphatic hydroxyl groups excluding tert-OH is 1. The molecule has 0 amide bonds. The van der Waals surface area contributed by atoms with Crippen LogP contribution in [0.25, 0.3) is 22.3 Å². The third-order valence-corrected chi connectivity index (χ3v) is 2.81. The van der Waals surface area contributed by atoms with Gasteiger partial charge in [0.25, 0.3) is 0 Å². The number of aliphatic hydroxyl groups is 1. The number of fused-ring (bicyclic) bond motifs is 3. The lowest BCUT2D eigenvalue weighted by Crippen LogP contribution is -2.13. The number of pyridine rings is 1. The number of benzene rings is 1. The summed E-state index contributed by atoms with van der Waals surface area (Å²) in [5.41, 5.74) is 1.42. The fourth-order valence-electron chi connectivity index (χ4n) is 2.01. The van der Waals surface area contributed by atoms with E-state index in [1.807, 2.05) is 12.1 Å². The molecule has 0 aliphatic heterocycles. The summed E-state index contributed by atoms with van der Waals surface area (Å²) >= 11 is 0. The van der Waals surface area contributed by atoms with Gasteiger partial charge in [0, 0.05) is 6.07 Å². The molecule has 17 heavy (non-hydrogen) atoms. The highest BCUT2D eigenvalue weighted by molar-refractivity contribution is 5.81. The molecule has 0 atom stereocenters. The number of hydrogen-bond acceptors (Lipinski definition) is 3. The van der Waals surface area contributed by atoms with Crippen molar-refractivity contribution in [2.24, 2.45) is 0 Å². The molecule has 0 saturated heterocycles. The van der Waals surface area contributed by atoms with Gasteiger partial charge in [-0.3, -0.25) is 9.20 Å². The van der Waals surface area contributed by atoms with Crippen molar-refractivity contribution in [2.75, 3.05) is 0 Å². The first-order valence-electron chi connectivity index (χ1n) is 5.27. The minimum atomic E-state index is -0.0553. The highest BCUT2D eigenvalue weighted by atomic mass is 16.3. The Morgan fingerprint density at radius 2 is 2.06 bits per heavy atom. The summed E-state index contributed by atoms with van der Waals surface area (Å²) in [5.74, 6) is 0.182. The molecule has 4 heteroatoms. The van der Waals surface area contributed by atoms with Crippen LogP contribution >= 0.6 is 0 Å². The third kappa shape index (κ3) is 1.38. The largest absolute Gasteiger partial charge is 0.510 e. The molecule has 0 spiro atoms. The van der Waals surface area contributed by atoms with Gasteiger partial charge in [-0.05, 0) is 36.6 Å². The van der Waals surface area contributed by atoms with Crippen molar-refractivity contribution in [3.8, 4) is 0 Å². The quantitative estimate of drug-likeness (QED) is 0.627. The van der Waals surface area contributed by atoms with Crippen LogP contribution in [0.1, 0.15) is 6.92 Å². The van der Waals surface area contributed by atoms with E-state index in [0.29, 0.717) is 11.0 Å². The maximum atomic E-state index is 11.4. The Morgan fingerprint density at radius 3 is 2.82 bits per heavy atom. The molecule has 1 N–H and O–H groups in total. The Kier molecular flexibility index (Phi) is 1.92. The minimum absolute atomic E-state index is 0.0553. The van der Waals surface area contributed by atoms with E-state index in [1.165, 1.54) is 6.07 Å². The number of imidazole rings is 1. The third-order valence-electron chi connectivity index (χ3n) is 2.81. The van der Waals surface area contributed by atoms with Crippen molar-refractivity contribution >= 4 is 22.3 Å². The SMILES string of the molecule is C/C(O)=c1/cnc2ccc3ccc(=O)cc3n12. The van der Waals surface area contributed by atoms with E-state index < -0.39 is 0 Å². The van der Waals surface area contributed by atoms with Gasteiger partial charge < -0.3 is 5.11 Å². The van der Waals surface area contributed by atoms with Gasteiger partial charge in [-0.25, -0.2) is 4.98 Å². The van der Waals surface area contributed by atoms with Crippen LogP contribution in [0.2, 0.25) is 0 Å². The Bertz CT molecular complexity index is 830. The molecular formula is C13H10N2O2. The number of rotatable bonds is 0. The van der Waals surface area contributed by atoms with Crippen LogP contribution in [0.4, 0.5) is 0 Å². The molecule has 0 aliphatic carbocycles.